The van der Waals surface area contributed by atoms with Crippen molar-refractivity contribution in [2.45, 2.75) is 51.6 Å². The molecule has 1 heterocycles. The maximum absolute atomic E-state index is 12.2. The lowest BCUT2D eigenvalue weighted by atomic mass is 10.3. The van der Waals surface area contributed by atoms with Crippen molar-refractivity contribution in [2.75, 3.05) is 19.8 Å². The van der Waals surface area contributed by atoms with Crippen LogP contribution in [0.25, 0.3) is 0 Å². The monoisotopic (exact) mass is 318 g/mol. The van der Waals surface area contributed by atoms with E-state index in [0.717, 1.165) is 0 Å². The maximum Gasteiger partial charge on any atom is 0.244 e. The molecule has 0 aromatic carbocycles. The third kappa shape index (κ3) is 6.17. The van der Waals surface area contributed by atoms with Crippen LogP contribution in [-0.2, 0) is 21.3 Å². The fraction of sp³-hybridized carbons (Fsp3) is 0.714. The van der Waals surface area contributed by atoms with Gasteiger partial charge in [-0.15, -0.1) is 0 Å². The minimum Gasteiger partial charge on any atom is -0.464 e. The molecule has 0 unspecified atom stereocenters. The van der Waals surface area contributed by atoms with Crippen LogP contribution in [0.1, 0.15) is 38.7 Å². The highest BCUT2D eigenvalue weighted by molar-refractivity contribution is 7.89. The Hall–Kier alpha value is -0.890. The summed E-state index contributed by atoms with van der Waals surface area (Å²) in [5.41, 5.74) is 0. The molecule has 0 amide bonds. The predicted octanol–water partition coefficient (Wildman–Crippen LogP) is 1.79. The van der Waals surface area contributed by atoms with Gasteiger partial charge in [0.15, 0.2) is 0 Å². The predicted molar refractivity (Wildman–Crippen MR) is 81.7 cm³/mol. The summed E-state index contributed by atoms with van der Waals surface area (Å²) >= 11 is 0. The average Bonchev–Trinajstić information content (AvgIpc) is 2.78. The third-order valence-electron chi connectivity index (χ3n) is 2.86. The lowest BCUT2D eigenvalue weighted by Gasteiger charge is -2.05. The van der Waals surface area contributed by atoms with E-state index < -0.39 is 10.0 Å². The zero-order valence-corrected chi connectivity index (χ0v) is 14.0. The number of ether oxygens (including phenoxy) is 1. The summed E-state index contributed by atoms with van der Waals surface area (Å²) in [4.78, 5) is 0.208. The van der Waals surface area contributed by atoms with Gasteiger partial charge in [-0.3, -0.25) is 0 Å². The van der Waals surface area contributed by atoms with Crippen LogP contribution in [0.3, 0.4) is 0 Å². The lowest BCUT2D eigenvalue weighted by molar-refractivity contribution is 0.146. The summed E-state index contributed by atoms with van der Waals surface area (Å²) in [5, 5.41) is 3.19. The highest BCUT2D eigenvalue weighted by Gasteiger charge is 2.20. The van der Waals surface area contributed by atoms with Crippen molar-refractivity contribution in [3.8, 4) is 0 Å². The van der Waals surface area contributed by atoms with Crippen LogP contribution < -0.4 is 10.0 Å². The Morgan fingerprint density at radius 1 is 1.38 bits per heavy atom. The zero-order chi connectivity index (χ0) is 15.9. The summed E-state index contributed by atoms with van der Waals surface area (Å²) in [7, 11) is -3.52. The zero-order valence-electron chi connectivity index (χ0n) is 13.2. The van der Waals surface area contributed by atoms with Gasteiger partial charge in [-0.05, 0) is 20.3 Å². The first-order chi connectivity index (χ1) is 9.86. The van der Waals surface area contributed by atoms with Crippen molar-refractivity contribution in [1.29, 1.82) is 0 Å². The van der Waals surface area contributed by atoms with Crippen LogP contribution in [0.4, 0.5) is 0 Å². The molecular formula is C14H26N2O4S. The minimum absolute atomic E-state index is 0.208. The van der Waals surface area contributed by atoms with Gasteiger partial charge in [0.1, 0.15) is 16.4 Å². The van der Waals surface area contributed by atoms with Gasteiger partial charge in [-0.2, -0.15) is 0 Å². The summed E-state index contributed by atoms with van der Waals surface area (Å²) < 4.78 is 37.6. The summed E-state index contributed by atoms with van der Waals surface area (Å²) in [6.45, 7) is 9.66. The van der Waals surface area contributed by atoms with Crippen LogP contribution >= 0.6 is 0 Å². The molecule has 21 heavy (non-hydrogen) atoms. The highest BCUT2D eigenvalue weighted by Crippen LogP contribution is 2.19. The van der Waals surface area contributed by atoms with E-state index in [1.807, 2.05) is 20.8 Å². The number of hydrogen-bond acceptors (Lipinski definition) is 5. The molecule has 0 aliphatic rings. The smallest absolute Gasteiger partial charge is 0.244 e. The van der Waals surface area contributed by atoms with Crippen molar-refractivity contribution < 1.29 is 17.6 Å². The summed E-state index contributed by atoms with van der Waals surface area (Å²) in [6.07, 6.45) is 0.645. The van der Waals surface area contributed by atoms with Gasteiger partial charge in [0.05, 0.1) is 6.54 Å². The number of sulfonamides is 1. The average molecular weight is 318 g/mol. The molecule has 2 N–H and O–H groups in total. The van der Waals surface area contributed by atoms with E-state index in [0.29, 0.717) is 50.3 Å². The number of furan rings is 1. The Labute approximate surface area is 127 Å². The first kappa shape index (κ1) is 18.2. The molecule has 1 aromatic rings. The van der Waals surface area contributed by atoms with Crippen LogP contribution in [0.2, 0.25) is 0 Å². The normalized spacial score (nSPS) is 12.2. The second-order valence-corrected chi connectivity index (χ2v) is 6.85. The van der Waals surface area contributed by atoms with Gasteiger partial charge in [0, 0.05) is 31.9 Å². The Morgan fingerprint density at radius 3 is 2.71 bits per heavy atom. The van der Waals surface area contributed by atoms with E-state index in [2.05, 4.69) is 10.0 Å². The third-order valence-corrected chi connectivity index (χ3v) is 4.43. The van der Waals surface area contributed by atoms with Crippen LogP contribution in [0.15, 0.2) is 15.4 Å². The number of hydrogen-bond donors (Lipinski definition) is 2. The Balaban J connectivity index is 2.61. The van der Waals surface area contributed by atoms with Gasteiger partial charge < -0.3 is 14.5 Å². The quantitative estimate of drug-likeness (QED) is 0.643. The Bertz CT molecular complexity index is 523. The van der Waals surface area contributed by atoms with E-state index in [1.165, 1.54) is 0 Å². The van der Waals surface area contributed by atoms with Gasteiger partial charge >= 0.3 is 0 Å². The molecule has 1 aromatic heterocycles. The molecule has 1 rings (SSSR count). The van der Waals surface area contributed by atoms with Crippen molar-refractivity contribution in [1.82, 2.24) is 10.0 Å². The SMILES string of the molecule is CCOCCCNS(=O)(=O)c1cc(CNC(C)C)oc1C. The second-order valence-electron chi connectivity index (χ2n) is 5.12. The highest BCUT2D eigenvalue weighted by atomic mass is 32.2. The standard InChI is InChI=1S/C14H26N2O4S/c1-5-19-8-6-7-16-21(17,18)14-9-13(20-12(14)4)10-15-11(2)3/h9,11,15-16H,5-8,10H2,1-4H3. The molecule has 0 radical (unpaired) electrons. The molecule has 6 nitrogen and oxygen atoms in total. The molecule has 0 aliphatic heterocycles. The fourth-order valence-electron chi connectivity index (χ4n) is 1.79. The van der Waals surface area contributed by atoms with E-state index >= 15 is 0 Å². The molecule has 0 atom stereocenters. The first-order valence-corrected chi connectivity index (χ1v) is 8.75. The topological polar surface area (TPSA) is 80.6 Å². The Kier molecular flexibility index (Phi) is 7.37. The molecule has 7 heteroatoms. The van der Waals surface area contributed by atoms with Crippen molar-refractivity contribution >= 4 is 10.0 Å². The van der Waals surface area contributed by atoms with Gasteiger partial charge in [-0.25, -0.2) is 13.1 Å². The van der Waals surface area contributed by atoms with Crippen LogP contribution in [-0.4, -0.2) is 34.2 Å². The van der Waals surface area contributed by atoms with Gasteiger partial charge in [0.25, 0.3) is 0 Å². The molecule has 0 saturated carbocycles. The van der Waals surface area contributed by atoms with Crippen molar-refractivity contribution in [3.05, 3.63) is 17.6 Å². The second kappa shape index (κ2) is 8.53. The molecule has 0 bridgehead atoms. The molecule has 122 valence electrons. The van der Waals surface area contributed by atoms with Crippen molar-refractivity contribution in [3.63, 3.8) is 0 Å². The molecule has 0 saturated heterocycles. The maximum atomic E-state index is 12.2. The number of aryl methyl sites for hydroxylation is 1. The molecule has 0 fully saturated rings. The summed E-state index contributed by atoms with van der Waals surface area (Å²) in [6, 6.07) is 1.89. The lowest BCUT2D eigenvalue weighted by Crippen LogP contribution is -2.25. The number of rotatable bonds is 10. The Morgan fingerprint density at radius 2 is 2.10 bits per heavy atom. The van der Waals surface area contributed by atoms with E-state index in [-0.39, 0.29) is 4.90 Å². The minimum atomic E-state index is -3.52. The molecule has 0 aliphatic carbocycles. The summed E-state index contributed by atoms with van der Waals surface area (Å²) in [5.74, 6) is 1.03. The first-order valence-electron chi connectivity index (χ1n) is 7.27. The van der Waals surface area contributed by atoms with Gasteiger partial charge in [0.2, 0.25) is 10.0 Å². The largest absolute Gasteiger partial charge is 0.464 e. The van der Waals surface area contributed by atoms with Crippen molar-refractivity contribution in [2.24, 2.45) is 0 Å². The van der Waals surface area contributed by atoms with E-state index in [9.17, 15) is 8.42 Å². The van der Waals surface area contributed by atoms with Crippen LogP contribution in [0.5, 0.6) is 0 Å². The number of nitrogens with one attached hydrogen (secondary N) is 2. The van der Waals surface area contributed by atoms with Gasteiger partial charge in [-0.1, -0.05) is 13.8 Å². The molecule has 0 spiro atoms. The molecular weight excluding hydrogens is 292 g/mol. The fourth-order valence-corrected chi connectivity index (χ4v) is 3.06. The van der Waals surface area contributed by atoms with E-state index in [4.69, 9.17) is 9.15 Å². The van der Waals surface area contributed by atoms with E-state index in [1.54, 1.807) is 13.0 Å². The van der Waals surface area contributed by atoms with Crippen LogP contribution in [0, 0.1) is 6.92 Å².